The van der Waals surface area contributed by atoms with E-state index >= 15 is 0 Å². The second kappa shape index (κ2) is 7.67. The molecule has 0 spiro atoms. The van der Waals surface area contributed by atoms with E-state index in [0.29, 0.717) is 16.3 Å². The summed E-state index contributed by atoms with van der Waals surface area (Å²) in [5.74, 6) is -1.03. The van der Waals surface area contributed by atoms with E-state index in [-0.39, 0.29) is 11.3 Å². The molecule has 0 fully saturated rings. The van der Waals surface area contributed by atoms with E-state index in [1.165, 1.54) is 31.2 Å². The first-order chi connectivity index (χ1) is 11.7. The van der Waals surface area contributed by atoms with Crippen LogP contribution in [0.3, 0.4) is 0 Å². The summed E-state index contributed by atoms with van der Waals surface area (Å²) in [4.78, 5) is 24.3. The molecule has 0 bridgehead atoms. The fraction of sp³-hybridized carbons (Fsp3) is 0.176. The Bertz CT molecular complexity index is 876. The van der Waals surface area contributed by atoms with Crippen LogP contribution in [0.2, 0.25) is 5.02 Å². The average molecular weight is 382 g/mol. The summed E-state index contributed by atoms with van der Waals surface area (Å²) in [6.07, 6.45) is 0.0571. The molecule has 0 aliphatic rings. The highest BCUT2D eigenvalue weighted by molar-refractivity contribution is 7.92. The Labute approximate surface area is 150 Å². The van der Waals surface area contributed by atoms with E-state index < -0.39 is 22.1 Å². The summed E-state index contributed by atoms with van der Waals surface area (Å²) in [6.45, 7) is 1.48. The van der Waals surface area contributed by atoms with Crippen LogP contribution in [0.1, 0.15) is 27.6 Å². The number of sulfonamides is 1. The zero-order chi connectivity index (χ0) is 18.6. The van der Waals surface area contributed by atoms with Gasteiger partial charge >= 0.3 is 5.97 Å². The lowest BCUT2D eigenvalue weighted by Crippen LogP contribution is -2.24. The number of ketones is 1. The van der Waals surface area contributed by atoms with Gasteiger partial charge in [-0.3, -0.25) is 9.52 Å². The number of rotatable bonds is 6. The maximum absolute atomic E-state index is 12.2. The normalized spacial score (nSPS) is 12.3. The number of halogens is 1. The number of benzene rings is 2. The van der Waals surface area contributed by atoms with Crippen molar-refractivity contribution in [1.82, 2.24) is 0 Å². The zero-order valence-electron chi connectivity index (χ0n) is 13.5. The molecule has 0 aromatic heterocycles. The van der Waals surface area contributed by atoms with E-state index in [9.17, 15) is 18.0 Å². The quantitative estimate of drug-likeness (QED) is 0.613. The van der Waals surface area contributed by atoms with Gasteiger partial charge in [-0.05, 0) is 55.5 Å². The third kappa shape index (κ3) is 5.58. The lowest BCUT2D eigenvalue weighted by Gasteiger charge is -2.13. The third-order valence-electron chi connectivity index (χ3n) is 3.21. The van der Waals surface area contributed by atoms with Crippen LogP contribution in [0.15, 0.2) is 48.5 Å². The van der Waals surface area contributed by atoms with Crippen LogP contribution in [-0.4, -0.2) is 32.5 Å². The largest absolute Gasteiger partial charge is 0.451 e. The molecule has 2 aromatic rings. The number of carbonyl (C=O) groups excluding carboxylic acids is 2. The number of nitrogens with one attached hydrogen (secondary N) is 1. The van der Waals surface area contributed by atoms with E-state index in [4.69, 9.17) is 16.3 Å². The Morgan fingerprint density at radius 2 is 1.52 bits per heavy atom. The summed E-state index contributed by atoms with van der Waals surface area (Å²) in [7, 11) is -3.39. The van der Waals surface area contributed by atoms with Gasteiger partial charge in [-0.1, -0.05) is 11.6 Å². The van der Waals surface area contributed by atoms with E-state index in [2.05, 4.69) is 4.72 Å². The first kappa shape index (κ1) is 19.0. The Hall–Kier alpha value is -2.38. The lowest BCUT2D eigenvalue weighted by atomic mass is 10.1. The fourth-order valence-corrected chi connectivity index (χ4v) is 2.71. The van der Waals surface area contributed by atoms with E-state index in [0.717, 1.165) is 6.26 Å². The Morgan fingerprint density at radius 1 is 1.00 bits per heavy atom. The van der Waals surface area contributed by atoms with Crippen molar-refractivity contribution in [1.29, 1.82) is 0 Å². The molecule has 0 unspecified atom stereocenters. The van der Waals surface area contributed by atoms with Crippen molar-refractivity contribution in [2.24, 2.45) is 0 Å². The number of carbonyl (C=O) groups is 2. The highest BCUT2D eigenvalue weighted by atomic mass is 35.5. The molecule has 0 amide bonds. The minimum atomic E-state index is -3.39. The van der Waals surface area contributed by atoms with Gasteiger partial charge in [-0.25, -0.2) is 13.2 Å². The predicted molar refractivity (Wildman–Crippen MR) is 95.6 cm³/mol. The first-order valence-electron chi connectivity index (χ1n) is 7.24. The molecule has 6 nitrogen and oxygen atoms in total. The number of Topliss-reactive ketones (excluding diaryl/α,β-unsaturated/α-hetero) is 1. The maximum atomic E-state index is 12.2. The van der Waals surface area contributed by atoms with Crippen molar-refractivity contribution >= 4 is 39.1 Å². The molecule has 0 radical (unpaired) electrons. The molecule has 8 heteroatoms. The predicted octanol–water partition coefficient (Wildman–Crippen LogP) is 3.14. The van der Waals surface area contributed by atoms with E-state index in [1.54, 1.807) is 24.3 Å². The van der Waals surface area contributed by atoms with Gasteiger partial charge in [-0.2, -0.15) is 0 Å². The minimum Gasteiger partial charge on any atom is -0.451 e. The van der Waals surface area contributed by atoms with Crippen LogP contribution in [0.25, 0.3) is 0 Å². The summed E-state index contributed by atoms with van der Waals surface area (Å²) < 4.78 is 29.7. The van der Waals surface area contributed by atoms with Gasteiger partial charge < -0.3 is 4.74 Å². The Kier molecular flexibility index (Phi) is 5.81. The molecule has 0 saturated heterocycles. The highest BCUT2D eigenvalue weighted by Crippen LogP contribution is 2.15. The molecule has 0 heterocycles. The summed E-state index contributed by atoms with van der Waals surface area (Å²) in [6, 6.07) is 12.0. The number of ether oxygens (including phenoxy) is 1. The molecule has 1 N–H and O–H groups in total. The van der Waals surface area contributed by atoms with Crippen molar-refractivity contribution in [3.63, 3.8) is 0 Å². The van der Waals surface area contributed by atoms with Crippen molar-refractivity contribution in [2.75, 3.05) is 11.0 Å². The number of hydrogen-bond acceptors (Lipinski definition) is 5. The van der Waals surface area contributed by atoms with Gasteiger partial charge in [0.1, 0.15) is 0 Å². The van der Waals surface area contributed by atoms with Crippen molar-refractivity contribution in [3.05, 3.63) is 64.7 Å². The monoisotopic (exact) mass is 381 g/mol. The second-order valence-corrected chi connectivity index (χ2v) is 7.56. The van der Waals surface area contributed by atoms with Gasteiger partial charge in [0.15, 0.2) is 6.10 Å². The van der Waals surface area contributed by atoms with Crippen LogP contribution >= 0.6 is 11.6 Å². The number of esters is 1. The molecule has 0 saturated carbocycles. The van der Waals surface area contributed by atoms with Crippen molar-refractivity contribution in [2.45, 2.75) is 13.0 Å². The Balaban J connectivity index is 2.03. The molecule has 25 heavy (non-hydrogen) atoms. The van der Waals surface area contributed by atoms with E-state index in [1.807, 2.05) is 0 Å². The summed E-state index contributed by atoms with van der Waals surface area (Å²) >= 11 is 5.77. The maximum Gasteiger partial charge on any atom is 0.338 e. The lowest BCUT2D eigenvalue weighted by molar-refractivity contribution is 0.0319. The molecule has 2 rings (SSSR count). The van der Waals surface area contributed by atoms with Crippen molar-refractivity contribution < 1.29 is 22.7 Å². The van der Waals surface area contributed by atoms with Gasteiger partial charge in [0, 0.05) is 16.3 Å². The fourth-order valence-electron chi connectivity index (χ4n) is 2.02. The van der Waals surface area contributed by atoms with Gasteiger partial charge in [-0.15, -0.1) is 0 Å². The summed E-state index contributed by atoms with van der Waals surface area (Å²) in [5, 5.41) is 0.504. The SMILES string of the molecule is C[C@@H](OC(=O)c1ccc(NS(C)(=O)=O)cc1)C(=O)c1ccc(Cl)cc1. The molecule has 132 valence electrons. The summed E-state index contributed by atoms with van der Waals surface area (Å²) in [5.41, 5.74) is 0.913. The first-order valence-corrected chi connectivity index (χ1v) is 9.51. The molecule has 0 aliphatic carbocycles. The molecule has 0 aliphatic heterocycles. The van der Waals surface area contributed by atoms with Gasteiger partial charge in [0.05, 0.1) is 11.8 Å². The van der Waals surface area contributed by atoms with Crippen LogP contribution in [0.5, 0.6) is 0 Å². The topological polar surface area (TPSA) is 89.5 Å². The molecular weight excluding hydrogens is 366 g/mol. The number of hydrogen-bond donors (Lipinski definition) is 1. The standard InChI is InChI=1S/C17H16ClNO5S/c1-11(16(20)12-3-7-14(18)8-4-12)24-17(21)13-5-9-15(10-6-13)19-25(2,22)23/h3-11,19H,1-2H3/t11-/m1/s1. The van der Waals surface area contributed by atoms with Crippen LogP contribution in [-0.2, 0) is 14.8 Å². The van der Waals surface area contributed by atoms with Crippen LogP contribution < -0.4 is 4.72 Å². The minimum absolute atomic E-state index is 0.204. The molecule has 1 atom stereocenters. The second-order valence-electron chi connectivity index (χ2n) is 5.37. The molecular formula is C17H16ClNO5S. The third-order valence-corrected chi connectivity index (χ3v) is 4.06. The van der Waals surface area contributed by atoms with Crippen LogP contribution in [0.4, 0.5) is 5.69 Å². The smallest absolute Gasteiger partial charge is 0.338 e. The van der Waals surface area contributed by atoms with Crippen LogP contribution in [0, 0.1) is 0 Å². The zero-order valence-corrected chi connectivity index (χ0v) is 15.1. The van der Waals surface area contributed by atoms with Gasteiger partial charge in [0.2, 0.25) is 15.8 Å². The van der Waals surface area contributed by atoms with Crippen molar-refractivity contribution in [3.8, 4) is 0 Å². The highest BCUT2D eigenvalue weighted by Gasteiger charge is 2.20. The average Bonchev–Trinajstić information content (AvgIpc) is 2.54. The number of anilines is 1. The Morgan fingerprint density at radius 3 is 2.04 bits per heavy atom. The van der Waals surface area contributed by atoms with Gasteiger partial charge in [0.25, 0.3) is 0 Å². The molecule has 2 aromatic carbocycles.